The highest BCUT2D eigenvalue weighted by atomic mass is 35.5. The van der Waals surface area contributed by atoms with E-state index < -0.39 is 0 Å². The average Bonchev–Trinajstić information content (AvgIpc) is 3.07. The van der Waals surface area contributed by atoms with Gasteiger partial charge in [-0.05, 0) is 55.9 Å². The molecule has 1 atom stereocenters. The number of rotatable bonds is 5. The summed E-state index contributed by atoms with van der Waals surface area (Å²) in [7, 11) is 0. The Morgan fingerprint density at radius 3 is 2.82 bits per heavy atom. The number of aromatic nitrogens is 2. The number of amides is 1. The van der Waals surface area contributed by atoms with Crippen LogP contribution in [0.5, 0.6) is 0 Å². The zero-order valence-corrected chi connectivity index (χ0v) is 17.3. The molecule has 2 aromatic heterocycles. The number of thiophene rings is 1. The number of hydrogen-bond donors (Lipinski definition) is 1. The Kier molecular flexibility index (Phi) is 5.51. The molecule has 0 bridgehead atoms. The van der Waals surface area contributed by atoms with E-state index in [-0.39, 0.29) is 23.9 Å². The lowest BCUT2D eigenvalue weighted by Gasteiger charge is -2.15. The molecule has 7 heteroatoms. The van der Waals surface area contributed by atoms with Crippen LogP contribution in [0.4, 0.5) is 0 Å². The zero-order valence-electron chi connectivity index (χ0n) is 15.7. The van der Waals surface area contributed by atoms with Crippen LogP contribution in [-0.2, 0) is 24.2 Å². The summed E-state index contributed by atoms with van der Waals surface area (Å²) >= 11 is 7.55. The van der Waals surface area contributed by atoms with Crippen LogP contribution in [0, 0.1) is 0 Å². The van der Waals surface area contributed by atoms with Crippen LogP contribution in [0.15, 0.2) is 35.4 Å². The van der Waals surface area contributed by atoms with Crippen LogP contribution < -0.4 is 10.9 Å². The first kappa shape index (κ1) is 19.2. The molecule has 4 rings (SSSR count). The molecule has 1 aliphatic rings. The lowest BCUT2D eigenvalue weighted by Crippen LogP contribution is -2.29. The van der Waals surface area contributed by atoms with E-state index in [0.29, 0.717) is 11.6 Å². The summed E-state index contributed by atoms with van der Waals surface area (Å²) in [4.78, 5) is 31.9. The van der Waals surface area contributed by atoms with Crippen LogP contribution in [0.25, 0.3) is 10.2 Å². The number of fused-ring (bicyclic) bond motifs is 3. The fourth-order valence-corrected chi connectivity index (χ4v) is 5.06. The van der Waals surface area contributed by atoms with Crippen LogP contribution in [0.1, 0.15) is 48.2 Å². The first-order valence-corrected chi connectivity index (χ1v) is 10.8. The minimum atomic E-state index is -0.119. The Labute approximate surface area is 172 Å². The lowest BCUT2D eigenvalue weighted by atomic mass is 9.97. The summed E-state index contributed by atoms with van der Waals surface area (Å²) in [5.41, 5.74) is 2.14. The van der Waals surface area contributed by atoms with Gasteiger partial charge in [0.15, 0.2) is 0 Å². The van der Waals surface area contributed by atoms with Crippen molar-refractivity contribution in [1.82, 2.24) is 14.9 Å². The van der Waals surface area contributed by atoms with E-state index in [2.05, 4.69) is 10.3 Å². The first-order chi connectivity index (χ1) is 13.5. The molecule has 0 saturated carbocycles. The van der Waals surface area contributed by atoms with Gasteiger partial charge in [0.1, 0.15) is 4.83 Å². The second kappa shape index (κ2) is 8.05. The third kappa shape index (κ3) is 3.84. The summed E-state index contributed by atoms with van der Waals surface area (Å²) in [6.45, 7) is 2.25. The number of halogens is 1. The van der Waals surface area contributed by atoms with E-state index >= 15 is 0 Å². The second-order valence-corrected chi connectivity index (χ2v) is 8.74. The maximum absolute atomic E-state index is 12.9. The van der Waals surface area contributed by atoms with Gasteiger partial charge in [0.2, 0.25) is 5.91 Å². The maximum Gasteiger partial charge on any atom is 0.262 e. The summed E-state index contributed by atoms with van der Waals surface area (Å²) in [6.07, 6.45) is 6.11. The van der Waals surface area contributed by atoms with Gasteiger partial charge >= 0.3 is 0 Å². The second-order valence-electron chi connectivity index (χ2n) is 7.22. The minimum Gasteiger partial charge on any atom is -0.350 e. The Balaban J connectivity index is 1.45. The molecule has 1 aromatic carbocycles. The SMILES string of the molecule is C[C@H](NC(=O)CCn1cnc2sc3c(c2c1=O)CCCC3)c1ccc(Cl)cc1. The maximum atomic E-state index is 12.9. The molecule has 5 nitrogen and oxygen atoms in total. The van der Waals surface area contributed by atoms with Crippen molar-refractivity contribution in [2.24, 2.45) is 0 Å². The molecule has 3 aromatic rings. The smallest absolute Gasteiger partial charge is 0.262 e. The van der Waals surface area contributed by atoms with Gasteiger partial charge in [0.05, 0.1) is 17.8 Å². The van der Waals surface area contributed by atoms with E-state index in [0.717, 1.165) is 35.0 Å². The monoisotopic (exact) mass is 415 g/mol. The van der Waals surface area contributed by atoms with Crippen LogP contribution in [0.2, 0.25) is 5.02 Å². The van der Waals surface area contributed by atoms with Crippen LogP contribution >= 0.6 is 22.9 Å². The Morgan fingerprint density at radius 1 is 1.29 bits per heavy atom. The topological polar surface area (TPSA) is 64.0 Å². The fourth-order valence-electron chi connectivity index (χ4n) is 3.71. The van der Waals surface area contributed by atoms with Gasteiger partial charge in [-0.25, -0.2) is 4.98 Å². The molecule has 2 heterocycles. The number of aryl methyl sites for hydroxylation is 3. The molecule has 0 spiro atoms. The van der Waals surface area contributed by atoms with E-state index in [4.69, 9.17) is 11.6 Å². The van der Waals surface area contributed by atoms with Crippen molar-refractivity contribution >= 4 is 39.1 Å². The van der Waals surface area contributed by atoms with E-state index in [1.165, 1.54) is 16.9 Å². The average molecular weight is 416 g/mol. The lowest BCUT2D eigenvalue weighted by molar-refractivity contribution is -0.121. The van der Waals surface area contributed by atoms with Crippen molar-refractivity contribution < 1.29 is 4.79 Å². The molecular formula is C21H22ClN3O2S. The quantitative estimate of drug-likeness (QED) is 0.677. The number of nitrogens with one attached hydrogen (secondary N) is 1. The van der Waals surface area contributed by atoms with Crippen molar-refractivity contribution in [1.29, 1.82) is 0 Å². The van der Waals surface area contributed by atoms with Crippen molar-refractivity contribution in [3.63, 3.8) is 0 Å². The van der Waals surface area contributed by atoms with Crippen LogP contribution in [-0.4, -0.2) is 15.5 Å². The molecule has 0 saturated heterocycles. The Hall–Kier alpha value is -2.18. The summed E-state index contributed by atoms with van der Waals surface area (Å²) in [6, 6.07) is 7.29. The number of nitrogens with zero attached hydrogens (tertiary/aromatic N) is 2. The Bertz CT molecular complexity index is 1070. The molecule has 146 valence electrons. The van der Waals surface area contributed by atoms with Crippen LogP contribution in [0.3, 0.4) is 0 Å². The number of carbonyl (C=O) groups is 1. The standard InChI is InChI=1S/C21H22ClN3O2S/c1-13(14-6-8-15(22)9-7-14)24-18(26)10-11-25-12-23-20-19(21(25)27)16-4-2-3-5-17(16)28-20/h6-9,12-13H,2-5,10-11H2,1H3,(H,24,26)/t13-/m0/s1. The molecular weight excluding hydrogens is 394 g/mol. The molecule has 1 amide bonds. The third-order valence-corrected chi connectivity index (χ3v) is 6.72. The van der Waals surface area contributed by atoms with Gasteiger partial charge in [-0.3, -0.25) is 14.2 Å². The van der Waals surface area contributed by atoms with Gasteiger partial charge in [-0.15, -0.1) is 11.3 Å². The van der Waals surface area contributed by atoms with Gasteiger partial charge in [-0.2, -0.15) is 0 Å². The number of carbonyl (C=O) groups excluding carboxylic acids is 1. The molecule has 0 radical (unpaired) electrons. The minimum absolute atomic E-state index is 0.0250. The molecule has 0 fully saturated rings. The van der Waals surface area contributed by atoms with Crippen molar-refractivity contribution in [3.8, 4) is 0 Å². The molecule has 28 heavy (non-hydrogen) atoms. The number of benzene rings is 1. The van der Waals surface area contributed by atoms with Gasteiger partial charge in [0.25, 0.3) is 5.56 Å². The normalized spacial score (nSPS) is 14.6. The predicted octanol–water partition coefficient (Wildman–Crippen LogP) is 4.26. The van der Waals surface area contributed by atoms with E-state index in [9.17, 15) is 9.59 Å². The van der Waals surface area contributed by atoms with Crippen molar-refractivity contribution in [2.75, 3.05) is 0 Å². The summed E-state index contributed by atoms with van der Waals surface area (Å²) < 4.78 is 1.57. The van der Waals surface area contributed by atoms with Gasteiger partial charge in [-0.1, -0.05) is 23.7 Å². The molecule has 0 unspecified atom stereocenters. The van der Waals surface area contributed by atoms with Crippen molar-refractivity contribution in [2.45, 2.75) is 51.6 Å². The third-order valence-electron chi connectivity index (χ3n) is 5.27. The van der Waals surface area contributed by atoms with Crippen molar-refractivity contribution in [3.05, 3.63) is 62.0 Å². The highest BCUT2D eigenvalue weighted by Crippen LogP contribution is 2.33. The first-order valence-electron chi connectivity index (χ1n) is 9.57. The zero-order chi connectivity index (χ0) is 19.7. The van der Waals surface area contributed by atoms with Gasteiger partial charge < -0.3 is 5.32 Å². The number of hydrogen-bond acceptors (Lipinski definition) is 4. The largest absolute Gasteiger partial charge is 0.350 e. The molecule has 0 aliphatic heterocycles. The molecule has 1 N–H and O–H groups in total. The summed E-state index contributed by atoms with van der Waals surface area (Å²) in [5.74, 6) is -0.0956. The van der Waals surface area contributed by atoms with E-state index in [1.54, 1.807) is 22.2 Å². The summed E-state index contributed by atoms with van der Waals surface area (Å²) in [5, 5.41) is 4.40. The molecule has 1 aliphatic carbocycles. The van der Waals surface area contributed by atoms with Gasteiger partial charge in [0, 0.05) is 22.9 Å². The highest BCUT2D eigenvalue weighted by Gasteiger charge is 2.20. The predicted molar refractivity (Wildman–Crippen MR) is 113 cm³/mol. The highest BCUT2D eigenvalue weighted by molar-refractivity contribution is 7.18. The Morgan fingerprint density at radius 2 is 2.04 bits per heavy atom. The fraction of sp³-hybridized carbons (Fsp3) is 0.381. The van der Waals surface area contributed by atoms with E-state index in [1.807, 2.05) is 31.2 Å².